The highest BCUT2D eigenvalue weighted by Crippen LogP contribution is 2.13. The van der Waals surface area contributed by atoms with Gasteiger partial charge in [-0.25, -0.2) is 4.79 Å². The predicted molar refractivity (Wildman–Crippen MR) is 50.6 cm³/mol. The van der Waals surface area contributed by atoms with Crippen LogP contribution in [0.25, 0.3) is 0 Å². The van der Waals surface area contributed by atoms with Gasteiger partial charge in [0, 0.05) is 0 Å². The quantitative estimate of drug-likeness (QED) is 0.351. The monoisotopic (exact) mass is 167 g/mol. The molecule has 0 rings (SSSR count). The van der Waals surface area contributed by atoms with E-state index < -0.39 is 0 Å². The fraction of sp³-hybridized carbons (Fsp3) is 0.700. The molecule has 0 atom stereocenters. The number of isocyanates is 1. The van der Waals surface area contributed by atoms with Crippen LogP contribution in [0.4, 0.5) is 0 Å². The zero-order chi connectivity index (χ0) is 9.40. The summed E-state index contributed by atoms with van der Waals surface area (Å²) in [5.74, 6) is 0. The van der Waals surface area contributed by atoms with Gasteiger partial charge in [-0.2, -0.15) is 4.99 Å². The lowest BCUT2D eigenvalue weighted by molar-refractivity contribution is 0.563. The summed E-state index contributed by atoms with van der Waals surface area (Å²) in [7, 11) is 0. The molecule has 0 spiro atoms. The maximum Gasteiger partial charge on any atom is 0.240 e. The van der Waals surface area contributed by atoms with Crippen molar-refractivity contribution in [2.24, 2.45) is 4.99 Å². The van der Waals surface area contributed by atoms with Gasteiger partial charge in [0.25, 0.3) is 0 Å². The second-order valence-corrected chi connectivity index (χ2v) is 3.11. The van der Waals surface area contributed by atoms with Gasteiger partial charge in [-0.1, -0.05) is 25.3 Å². The Labute approximate surface area is 74.4 Å². The lowest BCUT2D eigenvalue weighted by atomic mass is 10.1. The van der Waals surface area contributed by atoms with Gasteiger partial charge in [0.1, 0.15) is 0 Å². The molecule has 2 heteroatoms. The standard InChI is InChI=1S/C10H17NO/c1-4-5-6-7-10(9(2)3)11-8-12/h4-7H2,1-3H3. The number of unbranched alkanes of at least 4 members (excludes halogenated alkanes) is 2. The summed E-state index contributed by atoms with van der Waals surface area (Å²) >= 11 is 0. The van der Waals surface area contributed by atoms with Gasteiger partial charge in [-0.15, -0.1) is 0 Å². The van der Waals surface area contributed by atoms with Crippen LogP contribution in [0.1, 0.15) is 46.5 Å². The summed E-state index contributed by atoms with van der Waals surface area (Å²) in [6, 6.07) is 0. The molecule has 0 unspecified atom stereocenters. The van der Waals surface area contributed by atoms with E-state index in [1.807, 2.05) is 13.8 Å². The van der Waals surface area contributed by atoms with Crippen molar-refractivity contribution in [1.82, 2.24) is 0 Å². The number of carbonyl (C=O) groups excluding carboxylic acids is 1. The normalized spacial score (nSPS) is 8.92. The lowest BCUT2D eigenvalue weighted by Crippen LogP contribution is -1.83. The smallest absolute Gasteiger partial charge is 0.211 e. The van der Waals surface area contributed by atoms with Crippen molar-refractivity contribution in [3.63, 3.8) is 0 Å². The van der Waals surface area contributed by atoms with Crippen LogP contribution < -0.4 is 0 Å². The maximum atomic E-state index is 10.0. The number of aliphatic imine (C=N–C) groups is 1. The van der Waals surface area contributed by atoms with Crippen LogP contribution in [0, 0.1) is 0 Å². The Hall–Kier alpha value is -0.880. The molecule has 0 aliphatic carbocycles. The van der Waals surface area contributed by atoms with Gasteiger partial charge in [0.2, 0.25) is 6.08 Å². The third-order valence-electron chi connectivity index (χ3n) is 1.77. The van der Waals surface area contributed by atoms with Crippen LogP contribution in [-0.4, -0.2) is 6.08 Å². The number of hydrogen-bond donors (Lipinski definition) is 0. The summed E-state index contributed by atoms with van der Waals surface area (Å²) < 4.78 is 0. The summed E-state index contributed by atoms with van der Waals surface area (Å²) in [6.45, 7) is 6.11. The molecule has 12 heavy (non-hydrogen) atoms. The zero-order valence-electron chi connectivity index (χ0n) is 8.18. The molecule has 0 N–H and O–H groups in total. The zero-order valence-corrected chi connectivity index (χ0v) is 8.18. The van der Waals surface area contributed by atoms with Gasteiger partial charge in [0.15, 0.2) is 0 Å². The van der Waals surface area contributed by atoms with Crippen LogP contribution in [0.5, 0.6) is 0 Å². The minimum absolute atomic E-state index is 0.901. The van der Waals surface area contributed by atoms with E-state index in [9.17, 15) is 4.79 Å². The molecule has 0 aliphatic rings. The van der Waals surface area contributed by atoms with Crippen molar-refractivity contribution < 1.29 is 4.79 Å². The summed E-state index contributed by atoms with van der Waals surface area (Å²) in [6.07, 6.45) is 6.01. The summed E-state index contributed by atoms with van der Waals surface area (Å²) in [5, 5.41) is 0. The molecule has 0 aromatic carbocycles. The first-order valence-electron chi connectivity index (χ1n) is 4.46. The Balaban J connectivity index is 3.99. The first kappa shape index (κ1) is 11.1. The second-order valence-electron chi connectivity index (χ2n) is 3.11. The Morgan fingerprint density at radius 2 is 2.00 bits per heavy atom. The van der Waals surface area contributed by atoms with E-state index in [-0.39, 0.29) is 0 Å². The van der Waals surface area contributed by atoms with Crippen LogP contribution >= 0.6 is 0 Å². The van der Waals surface area contributed by atoms with Crippen LogP contribution in [-0.2, 0) is 4.79 Å². The molecular formula is C10H17NO. The number of nitrogens with zero attached hydrogens (tertiary/aromatic N) is 1. The highest BCUT2D eigenvalue weighted by molar-refractivity contribution is 5.37. The van der Waals surface area contributed by atoms with Gasteiger partial charge in [-0.05, 0) is 26.7 Å². The molecule has 0 aromatic rings. The maximum absolute atomic E-state index is 10.0. The fourth-order valence-corrected chi connectivity index (χ4v) is 1.02. The third kappa shape index (κ3) is 4.86. The van der Waals surface area contributed by atoms with E-state index in [0.29, 0.717) is 0 Å². The fourth-order valence-electron chi connectivity index (χ4n) is 1.02. The largest absolute Gasteiger partial charge is 0.240 e. The molecule has 0 amide bonds. The van der Waals surface area contributed by atoms with Crippen molar-refractivity contribution in [3.05, 3.63) is 11.3 Å². The van der Waals surface area contributed by atoms with Crippen LogP contribution in [0.2, 0.25) is 0 Å². The minimum atomic E-state index is 0.901. The van der Waals surface area contributed by atoms with E-state index >= 15 is 0 Å². The van der Waals surface area contributed by atoms with Crippen molar-refractivity contribution >= 4 is 6.08 Å². The topological polar surface area (TPSA) is 29.4 Å². The Bertz CT molecular complexity index is 196. The molecular weight excluding hydrogens is 150 g/mol. The minimum Gasteiger partial charge on any atom is -0.211 e. The Kier molecular flexibility index (Phi) is 6.31. The summed E-state index contributed by atoms with van der Waals surface area (Å²) in [5.41, 5.74) is 2.02. The van der Waals surface area contributed by atoms with Crippen LogP contribution in [0.15, 0.2) is 16.3 Å². The van der Waals surface area contributed by atoms with Crippen molar-refractivity contribution in [3.8, 4) is 0 Å². The molecule has 0 heterocycles. The molecule has 0 fully saturated rings. The van der Waals surface area contributed by atoms with Gasteiger partial charge < -0.3 is 0 Å². The molecule has 0 saturated carbocycles. The highest BCUT2D eigenvalue weighted by Gasteiger charge is 1.96. The molecule has 0 bridgehead atoms. The average Bonchev–Trinajstić information content (AvgIpc) is 2.03. The molecule has 0 aliphatic heterocycles. The molecule has 68 valence electrons. The van der Waals surface area contributed by atoms with Crippen molar-refractivity contribution in [1.29, 1.82) is 0 Å². The van der Waals surface area contributed by atoms with E-state index in [2.05, 4.69) is 11.9 Å². The van der Waals surface area contributed by atoms with Crippen molar-refractivity contribution in [2.45, 2.75) is 46.5 Å². The third-order valence-corrected chi connectivity index (χ3v) is 1.77. The number of rotatable bonds is 5. The first-order valence-corrected chi connectivity index (χ1v) is 4.46. The van der Waals surface area contributed by atoms with Gasteiger partial charge >= 0.3 is 0 Å². The molecule has 0 saturated heterocycles. The summed E-state index contributed by atoms with van der Waals surface area (Å²) in [4.78, 5) is 13.7. The van der Waals surface area contributed by atoms with E-state index in [4.69, 9.17) is 0 Å². The van der Waals surface area contributed by atoms with Crippen molar-refractivity contribution in [2.75, 3.05) is 0 Å². The second kappa shape index (κ2) is 6.81. The van der Waals surface area contributed by atoms with E-state index in [1.54, 1.807) is 6.08 Å². The highest BCUT2D eigenvalue weighted by atomic mass is 16.1. The van der Waals surface area contributed by atoms with Crippen LogP contribution in [0.3, 0.4) is 0 Å². The molecule has 0 radical (unpaired) electrons. The SMILES string of the molecule is CCCCCC(N=C=O)=C(C)C. The molecule has 2 nitrogen and oxygen atoms in total. The van der Waals surface area contributed by atoms with Gasteiger partial charge in [-0.3, -0.25) is 0 Å². The first-order chi connectivity index (χ1) is 5.72. The number of hydrogen-bond acceptors (Lipinski definition) is 2. The molecule has 0 aromatic heterocycles. The lowest BCUT2D eigenvalue weighted by Gasteiger charge is -2.00. The van der Waals surface area contributed by atoms with E-state index in [1.165, 1.54) is 12.8 Å². The van der Waals surface area contributed by atoms with Gasteiger partial charge in [0.05, 0.1) is 5.70 Å². The predicted octanol–water partition coefficient (Wildman–Crippen LogP) is 3.20. The average molecular weight is 167 g/mol. The number of allylic oxidation sites excluding steroid dienone is 2. The van der Waals surface area contributed by atoms with E-state index in [0.717, 1.165) is 24.1 Å². The Morgan fingerprint density at radius 1 is 1.33 bits per heavy atom. The Morgan fingerprint density at radius 3 is 2.42 bits per heavy atom.